The number of thiazole rings is 1. The first-order valence-corrected chi connectivity index (χ1v) is 10.5. The molecule has 2 heterocycles. The van der Waals surface area contributed by atoms with E-state index in [0.29, 0.717) is 39.5 Å². The summed E-state index contributed by atoms with van der Waals surface area (Å²) in [4.78, 5) is 20.0. The van der Waals surface area contributed by atoms with Gasteiger partial charge in [0.2, 0.25) is 0 Å². The summed E-state index contributed by atoms with van der Waals surface area (Å²) < 4.78 is 63.6. The first-order chi connectivity index (χ1) is 15.6. The van der Waals surface area contributed by atoms with Crippen LogP contribution in [0, 0.1) is 12.7 Å². The number of fused-ring (bicyclic) bond motifs is 1. The Bertz CT molecular complexity index is 1330. The zero-order valence-electron chi connectivity index (χ0n) is 17.1. The summed E-state index contributed by atoms with van der Waals surface area (Å²) in [7, 11) is 0. The lowest BCUT2D eigenvalue weighted by atomic mass is 10.1. The van der Waals surface area contributed by atoms with E-state index in [1.54, 1.807) is 25.1 Å². The molecule has 4 aromatic rings. The number of aliphatic carboxylic acids is 1. The van der Waals surface area contributed by atoms with Gasteiger partial charge < -0.3 is 14.3 Å². The zero-order chi connectivity index (χ0) is 23.8. The SMILES string of the molecule is Cc1nc(-c2ccc(C(F)(F)F)c(F)c2)sc1COc1ccc2nc(CCC(=O)O)oc2c1. The zero-order valence-corrected chi connectivity index (χ0v) is 17.9. The Morgan fingerprint density at radius 1 is 1.18 bits per heavy atom. The Kier molecular flexibility index (Phi) is 6.07. The number of oxazole rings is 1. The molecule has 172 valence electrons. The molecule has 0 aliphatic carbocycles. The van der Waals surface area contributed by atoms with Crippen LogP contribution in [0.1, 0.15) is 28.4 Å². The van der Waals surface area contributed by atoms with Gasteiger partial charge in [0.1, 0.15) is 28.7 Å². The molecule has 0 radical (unpaired) electrons. The molecule has 2 aromatic carbocycles. The van der Waals surface area contributed by atoms with Gasteiger partial charge in [0.15, 0.2) is 11.5 Å². The predicted molar refractivity (Wildman–Crippen MR) is 112 cm³/mol. The van der Waals surface area contributed by atoms with E-state index in [-0.39, 0.29) is 25.0 Å². The Morgan fingerprint density at radius 2 is 1.97 bits per heavy atom. The van der Waals surface area contributed by atoms with Crippen molar-refractivity contribution < 1.29 is 36.6 Å². The van der Waals surface area contributed by atoms with Gasteiger partial charge in [0, 0.05) is 18.1 Å². The number of carbonyl (C=O) groups is 1. The van der Waals surface area contributed by atoms with Crippen molar-refractivity contribution in [2.45, 2.75) is 32.5 Å². The van der Waals surface area contributed by atoms with Gasteiger partial charge in [-0.1, -0.05) is 6.07 Å². The average Bonchev–Trinajstić information content (AvgIpc) is 3.32. The molecule has 0 saturated heterocycles. The van der Waals surface area contributed by atoms with Crippen LogP contribution in [0.2, 0.25) is 0 Å². The number of carboxylic acids is 1. The Hall–Kier alpha value is -3.47. The van der Waals surface area contributed by atoms with Crippen LogP contribution in [0.3, 0.4) is 0 Å². The maximum atomic E-state index is 13.9. The van der Waals surface area contributed by atoms with Crippen molar-refractivity contribution in [3.63, 3.8) is 0 Å². The number of carboxylic acid groups (broad SMARTS) is 1. The first-order valence-electron chi connectivity index (χ1n) is 9.67. The highest BCUT2D eigenvalue weighted by molar-refractivity contribution is 7.15. The van der Waals surface area contributed by atoms with Gasteiger partial charge >= 0.3 is 12.1 Å². The number of alkyl halides is 3. The number of nitrogens with zero attached hydrogens (tertiary/aromatic N) is 2. The third-order valence-corrected chi connectivity index (χ3v) is 5.92. The van der Waals surface area contributed by atoms with Crippen LogP contribution in [0.4, 0.5) is 17.6 Å². The predicted octanol–water partition coefficient (Wildman–Crippen LogP) is 6.01. The fraction of sp³-hybridized carbons (Fsp3) is 0.227. The summed E-state index contributed by atoms with van der Waals surface area (Å²) in [5.41, 5.74) is 0.569. The molecule has 0 aliphatic rings. The number of aromatic nitrogens is 2. The number of aryl methyl sites for hydroxylation is 2. The highest BCUT2D eigenvalue weighted by atomic mass is 32.1. The van der Waals surface area contributed by atoms with Crippen molar-refractivity contribution in [3.8, 4) is 16.3 Å². The van der Waals surface area contributed by atoms with Crippen molar-refractivity contribution >= 4 is 28.4 Å². The van der Waals surface area contributed by atoms with Crippen LogP contribution in [0.15, 0.2) is 40.8 Å². The van der Waals surface area contributed by atoms with Gasteiger partial charge in [-0.15, -0.1) is 11.3 Å². The van der Waals surface area contributed by atoms with Crippen LogP contribution < -0.4 is 4.74 Å². The molecule has 6 nitrogen and oxygen atoms in total. The Morgan fingerprint density at radius 3 is 2.67 bits per heavy atom. The third kappa shape index (κ3) is 5.14. The summed E-state index contributed by atoms with van der Waals surface area (Å²) in [6.45, 7) is 1.87. The lowest BCUT2D eigenvalue weighted by Gasteiger charge is -2.08. The lowest BCUT2D eigenvalue weighted by Crippen LogP contribution is -2.07. The molecule has 0 saturated carbocycles. The molecule has 0 amide bonds. The quantitative estimate of drug-likeness (QED) is 0.326. The minimum atomic E-state index is -4.76. The van der Waals surface area contributed by atoms with Crippen molar-refractivity contribution in [2.24, 2.45) is 0 Å². The Balaban J connectivity index is 1.48. The lowest BCUT2D eigenvalue weighted by molar-refractivity contribution is -0.140. The van der Waals surface area contributed by atoms with Crippen molar-refractivity contribution in [1.82, 2.24) is 9.97 Å². The Labute approximate surface area is 188 Å². The van der Waals surface area contributed by atoms with Crippen LogP contribution in [0.5, 0.6) is 5.75 Å². The molecular formula is C22H16F4N2O4S. The monoisotopic (exact) mass is 480 g/mol. The maximum Gasteiger partial charge on any atom is 0.419 e. The normalized spacial score (nSPS) is 11.8. The second-order valence-electron chi connectivity index (χ2n) is 7.14. The van der Waals surface area contributed by atoms with Crippen molar-refractivity contribution in [1.29, 1.82) is 0 Å². The van der Waals surface area contributed by atoms with E-state index < -0.39 is 23.5 Å². The van der Waals surface area contributed by atoms with E-state index in [9.17, 15) is 22.4 Å². The second-order valence-corrected chi connectivity index (χ2v) is 8.22. The fourth-order valence-corrected chi connectivity index (χ4v) is 4.05. The van der Waals surface area contributed by atoms with Gasteiger partial charge in [0.05, 0.1) is 22.6 Å². The molecule has 2 aromatic heterocycles. The molecule has 4 rings (SSSR count). The summed E-state index contributed by atoms with van der Waals surface area (Å²) in [5, 5.41) is 9.15. The van der Waals surface area contributed by atoms with E-state index in [1.807, 2.05) is 0 Å². The molecule has 0 atom stereocenters. The van der Waals surface area contributed by atoms with E-state index in [4.69, 9.17) is 14.3 Å². The van der Waals surface area contributed by atoms with Gasteiger partial charge in [-0.2, -0.15) is 13.2 Å². The van der Waals surface area contributed by atoms with Crippen molar-refractivity contribution in [3.05, 3.63) is 64.2 Å². The first kappa shape index (κ1) is 22.7. The van der Waals surface area contributed by atoms with Gasteiger partial charge in [-0.05, 0) is 31.2 Å². The molecule has 0 bridgehead atoms. The molecule has 0 unspecified atom stereocenters. The van der Waals surface area contributed by atoms with Crippen LogP contribution >= 0.6 is 11.3 Å². The van der Waals surface area contributed by atoms with Gasteiger partial charge in [-0.3, -0.25) is 4.79 Å². The van der Waals surface area contributed by atoms with E-state index in [0.717, 1.165) is 10.9 Å². The molecule has 0 aliphatic heterocycles. The fourth-order valence-electron chi connectivity index (χ4n) is 3.08. The third-order valence-electron chi connectivity index (χ3n) is 4.74. The van der Waals surface area contributed by atoms with E-state index in [1.165, 1.54) is 17.4 Å². The molecule has 0 fully saturated rings. The van der Waals surface area contributed by atoms with Gasteiger partial charge in [0.25, 0.3) is 0 Å². The summed E-state index contributed by atoms with van der Waals surface area (Å²) in [5.74, 6) is -1.50. The number of halogens is 4. The smallest absolute Gasteiger partial charge is 0.419 e. The topological polar surface area (TPSA) is 85.5 Å². The molecule has 11 heteroatoms. The standard InChI is InChI=1S/C22H16F4N2O4S/c1-11-18(33-21(27-11)12-2-4-14(15(23)8-12)22(24,25)26)10-31-13-3-5-16-17(9-13)32-19(28-16)6-7-20(29)30/h2-5,8-9H,6-7,10H2,1H3,(H,29,30). The highest BCUT2D eigenvalue weighted by Gasteiger charge is 2.34. The minimum Gasteiger partial charge on any atom is -0.488 e. The summed E-state index contributed by atoms with van der Waals surface area (Å²) in [6, 6.07) is 7.73. The molecule has 33 heavy (non-hydrogen) atoms. The summed E-state index contributed by atoms with van der Waals surface area (Å²) >= 11 is 1.20. The maximum absolute atomic E-state index is 13.9. The number of rotatable bonds is 7. The number of ether oxygens (including phenoxy) is 1. The van der Waals surface area contributed by atoms with E-state index >= 15 is 0 Å². The number of hydrogen-bond acceptors (Lipinski definition) is 6. The van der Waals surface area contributed by atoms with Crippen LogP contribution in [-0.4, -0.2) is 21.0 Å². The van der Waals surface area contributed by atoms with Gasteiger partial charge in [-0.25, -0.2) is 14.4 Å². The van der Waals surface area contributed by atoms with Crippen LogP contribution in [-0.2, 0) is 24.0 Å². The molecule has 1 N–H and O–H groups in total. The van der Waals surface area contributed by atoms with Crippen molar-refractivity contribution in [2.75, 3.05) is 0 Å². The second kappa shape index (κ2) is 8.81. The number of hydrogen-bond donors (Lipinski definition) is 1. The van der Waals surface area contributed by atoms with E-state index in [2.05, 4.69) is 9.97 Å². The molecule has 0 spiro atoms. The minimum absolute atomic E-state index is 0.0913. The average molecular weight is 480 g/mol. The van der Waals surface area contributed by atoms with Crippen LogP contribution in [0.25, 0.3) is 21.7 Å². The largest absolute Gasteiger partial charge is 0.488 e. The highest BCUT2D eigenvalue weighted by Crippen LogP contribution is 2.35. The molecular weight excluding hydrogens is 464 g/mol. The number of benzene rings is 2. The summed E-state index contributed by atoms with van der Waals surface area (Å²) in [6.07, 6.45) is -4.68.